The minimum absolute atomic E-state index is 0.582. The number of nitrogens with zero attached hydrogens (tertiary/aromatic N) is 2. The molecule has 1 aliphatic carbocycles. The van der Waals surface area contributed by atoms with Gasteiger partial charge in [-0.3, -0.25) is 0 Å². The van der Waals surface area contributed by atoms with E-state index in [2.05, 4.69) is 15.3 Å². The summed E-state index contributed by atoms with van der Waals surface area (Å²) in [5.74, 6) is 0.695. The van der Waals surface area contributed by atoms with Crippen molar-refractivity contribution < 1.29 is 0 Å². The van der Waals surface area contributed by atoms with E-state index < -0.39 is 0 Å². The van der Waals surface area contributed by atoms with Crippen molar-refractivity contribution in [3.05, 3.63) is 24.3 Å². The van der Waals surface area contributed by atoms with Crippen LogP contribution in [0.15, 0.2) is 18.7 Å². The van der Waals surface area contributed by atoms with E-state index in [9.17, 15) is 0 Å². The maximum absolute atomic E-state index is 4.14. The number of aromatic nitrogens is 2. The largest absolute Gasteiger partial charge is 0.316 e. The molecule has 1 N–H and O–H groups in total. The first kappa shape index (κ1) is 10.2. The molecule has 2 heterocycles. The highest BCUT2D eigenvalue weighted by Crippen LogP contribution is 2.49. The van der Waals surface area contributed by atoms with Crippen molar-refractivity contribution in [2.75, 3.05) is 13.1 Å². The second-order valence-electron chi connectivity index (χ2n) is 5.39. The molecule has 1 spiro atoms. The van der Waals surface area contributed by atoms with Gasteiger partial charge in [0.25, 0.3) is 0 Å². The van der Waals surface area contributed by atoms with Gasteiger partial charge < -0.3 is 5.32 Å². The SMILES string of the molecule is c1ncc(C2CCC3(CCCNC3)C2)cn1. The molecule has 0 radical (unpaired) electrons. The standard InChI is InChI=1S/C13H19N3/c1-3-13(9-14-5-1)4-2-11(6-13)12-7-15-10-16-8-12/h7-8,10-11,14H,1-6,9H2. The lowest BCUT2D eigenvalue weighted by Crippen LogP contribution is -2.38. The zero-order chi connectivity index (χ0) is 10.8. The van der Waals surface area contributed by atoms with E-state index in [4.69, 9.17) is 0 Å². The third kappa shape index (κ3) is 1.84. The monoisotopic (exact) mass is 217 g/mol. The third-order valence-corrected chi connectivity index (χ3v) is 4.32. The predicted molar refractivity (Wildman–Crippen MR) is 63.2 cm³/mol. The van der Waals surface area contributed by atoms with Crippen LogP contribution in [0.25, 0.3) is 0 Å². The summed E-state index contributed by atoms with van der Waals surface area (Å²) in [5.41, 5.74) is 1.92. The molecule has 0 bridgehead atoms. The topological polar surface area (TPSA) is 37.8 Å². The Morgan fingerprint density at radius 3 is 2.88 bits per heavy atom. The first-order valence-corrected chi connectivity index (χ1v) is 6.34. The molecule has 86 valence electrons. The highest BCUT2D eigenvalue weighted by Gasteiger charge is 2.40. The molecule has 3 nitrogen and oxygen atoms in total. The molecule has 3 rings (SSSR count). The Bertz CT molecular complexity index is 343. The van der Waals surface area contributed by atoms with Crippen LogP contribution in [0.2, 0.25) is 0 Å². The van der Waals surface area contributed by atoms with Gasteiger partial charge in [0.05, 0.1) is 0 Å². The second-order valence-corrected chi connectivity index (χ2v) is 5.39. The van der Waals surface area contributed by atoms with Gasteiger partial charge in [-0.1, -0.05) is 0 Å². The van der Waals surface area contributed by atoms with E-state index in [0.717, 1.165) is 0 Å². The van der Waals surface area contributed by atoms with Crippen LogP contribution in [0.3, 0.4) is 0 Å². The predicted octanol–water partition coefficient (Wildman–Crippen LogP) is 2.11. The molecule has 1 aliphatic heterocycles. The van der Waals surface area contributed by atoms with Crippen molar-refractivity contribution in [3.8, 4) is 0 Å². The molecule has 1 saturated carbocycles. The minimum atomic E-state index is 0.582. The van der Waals surface area contributed by atoms with Crippen molar-refractivity contribution >= 4 is 0 Å². The lowest BCUT2D eigenvalue weighted by molar-refractivity contribution is 0.214. The van der Waals surface area contributed by atoms with Crippen LogP contribution in [-0.4, -0.2) is 23.1 Å². The summed E-state index contributed by atoms with van der Waals surface area (Å²) in [5, 5.41) is 3.56. The van der Waals surface area contributed by atoms with Gasteiger partial charge >= 0.3 is 0 Å². The molecule has 1 saturated heterocycles. The van der Waals surface area contributed by atoms with Gasteiger partial charge in [0.2, 0.25) is 0 Å². The first-order valence-electron chi connectivity index (χ1n) is 6.34. The Balaban J connectivity index is 1.73. The maximum atomic E-state index is 4.14. The van der Waals surface area contributed by atoms with Crippen LogP contribution < -0.4 is 5.32 Å². The second kappa shape index (κ2) is 4.13. The van der Waals surface area contributed by atoms with Gasteiger partial charge in [-0.15, -0.1) is 0 Å². The number of hydrogen-bond donors (Lipinski definition) is 1. The molecule has 3 heteroatoms. The van der Waals surface area contributed by atoms with Crippen LogP contribution in [-0.2, 0) is 0 Å². The fraction of sp³-hybridized carbons (Fsp3) is 0.692. The third-order valence-electron chi connectivity index (χ3n) is 4.32. The Labute approximate surface area is 96.7 Å². The quantitative estimate of drug-likeness (QED) is 0.783. The fourth-order valence-corrected chi connectivity index (χ4v) is 3.43. The average molecular weight is 217 g/mol. The first-order chi connectivity index (χ1) is 7.88. The molecule has 2 aliphatic rings. The molecule has 1 aromatic heterocycles. The van der Waals surface area contributed by atoms with E-state index >= 15 is 0 Å². The van der Waals surface area contributed by atoms with Crippen LogP contribution in [0.4, 0.5) is 0 Å². The van der Waals surface area contributed by atoms with Crippen molar-refractivity contribution in [3.63, 3.8) is 0 Å². The number of piperidine rings is 1. The van der Waals surface area contributed by atoms with Gasteiger partial charge in [-0.25, -0.2) is 9.97 Å². The number of rotatable bonds is 1. The van der Waals surface area contributed by atoms with Crippen LogP contribution in [0, 0.1) is 5.41 Å². The zero-order valence-corrected chi connectivity index (χ0v) is 9.65. The van der Waals surface area contributed by atoms with Gasteiger partial charge in [-0.05, 0) is 55.5 Å². The Morgan fingerprint density at radius 2 is 2.12 bits per heavy atom. The Morgan fingerprint density at radius 1 is 1.25 bits per heavy atom. The van der Waals surface area contributed by atoms with E-state index in [1.54, 1.807) is 6.33 Å². The molecular formula is C13H19N3. The summed E-state index contributed by atoms with van der Waals surface area (Å²) in [4.78, 5) is 8.27. The van der Waals surface area contributed by atoms with Crippen LogP contribution >= 0.6 is 0 Å². The normalized spacial score (nSPS) is 34.4. The fourth-order valence-electron chi connectivity index (χ4n) is 3.43. The van der Waals surface area contributed by atoms with Crippen molar-refractivity contribution in [1.29, 1.82) is 0 Å². The van der Waals surface area contributed by atoms with Crippen molar-refractivity contribution in [1.82, 2.24) is 15.3 Å². The highest BCUT2D eigenvalue weighted by molar-refractivity contribution is 5.14. The molecule has 16 heavy (non-hydrogen) atoms. The summed E-state index contributed by atoms with van der Waals surface area (Å²) in [7, 11) is 0. The van der Waals surface area contributed by atoms with Gasteiger partial charge in [0, 0.05) is 18.9 Å². The molecular weight excluding hydrogens is 198 g/mol. The van der Waals surface area contributed by atoms with Crippen molar-refractivity contribution in [2.45, 2.75) is 38.0 Å². The van der Waals surface area contributed by atoms with E-state index in [1.165, 1.54) is 50.8 Å². The van der Waals surface area contributed by atoms with Crippen molar-refractivity contribution in [2.24, 2.45) is 5.41 Å². The summed E-state index contributed by atoms with van der Waals surface area (Å²) in [6, 6.07) is 0. The Kier molecular flexibility index (Phi) is 2.64. The maximum Gasteiger partial charge on any atom is 0.115 e. The van der Waals surface area contributed by atoms with Gasteiger partial charge in [0.1, 0.15) is 6.33 Å². The molecule has 2 unspecified atom stereocenters. The summed E-state index contributed by atoms with van der Waals surface area (Å²) in [6.45, 7) is 2.43. The van der Waals surface area contributed by atoms with E-state index in [-0.39, 0.29) is 0 Å². The number of hydrogen-bond acceptors (Lipinski definition) is 3. The lowest BCUT2D eigenvalue weighted by Gasteiger charge is -2.34. The molecule has 0 aromatic carbocycles. The summed E-state index contributed by atoms with van der Waals surface area (Å²) < 4.78 is 0. The van der Waals surface area contributed by atoms with Gasteiger partial charge in [0.15, 0.2) is 0 Å². The highest BCUT2D eigenvalue weighted by atomic mass is 14.9. The smallest absolute Gasteiger partial charge is 0.115 e. The Hall–Kier alpha value is -0.960. The molecule has 0 amide bonds. The van der Waals surface area contributed by atoms with Crippen LogP contribution in [0.5, 0.6) is 0 Å². The minimum Gasteiger partial charge on any atom is -0.316 e. The van der Waals surface area contributed by atoms with Gasteiger partial charge in [-0.2, -0.15) is 0 Å². The summed E-state index contributed by atoms with van der Waals surface area (Å²) >= 11 is 0. The molecule has 2 fully saturated rings. The van der Waals surface area contributed by atoms with Crippen LogP contribution in [0.1, 0.15) is 43.6 Å². The molecule has 1 aromatic rings. The zero-order valence-electron chi connectivity index (χ0n) is 9.65. The summed E-state index contributed by atoms with van der Waals surface area (Å²) in [6.07, 6.45) is 12.4. The average Bonchev–Trinajstić information content (AvgIpc) is 2.75. The lowest BCUT2D eigenvalue weighted by atomic mass is 9.78. The number of nitrogens with one attached hydrogen (secondary N) is 1. The molecule has 2 atom stereocenters. The van der Waals surface area contributed by atoms with E-state index in [1.807, 2.05) is 12.4 Å². The van der Waals surface area contributed by atoms with E-state index in [0.29, 0.717) is 11.3 Å².